The van der Waals surface area contributed by atoms with Crippen LogP contribution in [0.4, 0.5) is 0 Å². The van der Waals surface area contributed by atoms with Crippen molar-refractivity contribution in [3.63, 3.8) is 0 Å². The molecule has 0 N–H and O–H groups in total. The molecular formula is C18H24O2. The van der Waals surface area contributed by atoms with Gasteiger partial charge in [-0.1, -0.05) is 49.1 Å². The highest BCUT2D eigenvalue weighted by Gasteiger charge is 2.40. The minimum absolute atomic E-state index is 0.0154. The first-order valence-corrected chi connectivity index (χ1v) is 7.93. The van der Waals surface area contributed by atoms with Gasteiger partial charge >= 0.3 is 0 Å². The molecule has 1 aromatic carbocycles. The number of hydrogen-bond donors (Lipinski definition) is 0. The third-order valence-electron chi connectivity index (χ3n) is 4.96. The lowest BCUT2D eigenvalue weighted by Crippen LogP contribution is -2.43. The molecule has 108 valence electrons. The fourth-order valence-electron chi connectivity index (χ4n) is 3.75. The first-order valence-electron chi connectivity index (χ1n) is 7.93. The Bertz CT molecular complexity index is 463. The van der Waals surface area contributed by atoms with Crippen LogP contribution in [0.3, 0.4) is 0 Å². The van der Waals surface area contributed by atoms with Crippen LogP contribution in [0.5, 0.6) is 0 Å². The maximum Gasteiger partial charge on any atom is 0.166 e. The molecule has 1 heterocycles. The summed E-state index contributed by atoms with van der Waals surface area (Å²) in [5.74, 6) is 0.475. The summed E-state index contributed by atoms with van der Waals surface area (Å²) in [7, 11) is 0. The highest BCUT2D eigenvalue weighted by atomic mass is 16.5. The predicted octanol–water partition coefficient (Wildman–Crippen LogP) is 4.31. The van der Waals surface area contributed by atoms with Gasteiger partial charge in [-0.15, -0.1) is 0 Å². The Hall–Kier alpha value is -1.15. The third kappa shape index (κ3) is 2.80. The van der Waals surface area contributed by atoms with E-state index in [4.69, 9.17) is 4.74 Å². The van der Waals surface area contributed by atoms with Gasteiger partial charge in [-0.2, -0.15) is 0 Å². The highest BCUT2D eigenvalue weighted by molar-refractivity contribution is 5.98. The van der Waals surface area contributed by atoms with Gasteiger partial charge in [-0.25, -0.2) is 0 Å². The fourth-order valence-corrected chi connectivity index (χ4v) is 3.75. The molecule has 1 atom stereocenters. The van der Waals surface area contributed by atoms with Crippen molar-refractivity contribution in [1.82, 2.24) is 0 Å². The Morgan fingerprint density at radius 2 is 1.85 bits per heavy atom. The molecule has 0 radical (unpaired) electrons. The second-order valence-corrected chi connectivity index (χ2v) is 6.51. The average Bonchev–Trinajstić information content (AvgIpc) is 2.48. The van der Waals surface area contributed by atoms with E-state index in [9.17, 15) is 4.79 Å². The molecule has 1 unspecified atom stereocenters. The molecule has 2 heteroatoms. The van der Waals surface area contributed by atoms with E-state index in [0.29, 0.717) is 5.78 Å². The van der Waals surface area contributed by atoms with Crippen LogP contribution in [0.1, 0.15) is 60.9 Å². The molecule has 1 aliphatic heterocycles. The van der Waals surface area contributed by atoms with Crippen LogP contribution < -0.4 is 0 Å². The number of carbonyl (C=O) groups excluding carboxylic acids is 1. The summed E-state index contributed by atoms with van der Waals surface area (Å²) in [6, 6.07) is 8.01. The third-order valence-corrected chi connectivity index (χ3v) is 4.96. The van der Waals surface area contributed by atoms with Crippen molar-refractivity contribution in [2.24, 2.45) is 5.92 Å². The minimum Gasteiger partial charge on any atom is -0.375 e. The van der Waals surface area contributed by atoms with Crippen LogP contribution in [0, 0.1) is 12.8 Å². The number of carbonyl (C=O) groups is 1. The van der Waals surface area contributed by atoms with Crippen LogP contribution in [0.15, 0.2) is 24.3 Å². The van der Waals surface area contributed by atoms with Gasteiger partial charge in [0.1, 0.15) is 0 Å². The maximum absolute atomic E-state index is 12.7. The zero-order valence-corrected chi connectivity index (χ0v) is 12.4. The number of Topliss-reactive ketones (excluding diaryl/α,β-unsaturated/α-hetero) is 1. The summed E-state index contributed by atoms with van der Waals surface area (Å²) in [5.41, 5.74) is 2.09. The molecule has 0 aromatic heterocycles. The Balaban J connectivity index is 1.73. The summed E-state index contributed by atoms with van der Waals surface area (Å²) >= 11 is 0. The molecule has 1 spiro atoms. The van der Waals surface area contributed by atoms with Gasteiger partial charge < -0.3 is 4.74 Å². The Morgan fingerprint density at radius 3 is 2.55 bits per heavy atom. The summed E-state index contributed by atoms with van der Waals surface area (Å²) in [6.07, 6.45) is 7.93. The zero-order valence-electron chi connectivity index (χ0n) is 12.4. The van der Waals surface area contributed by atoms with Crippen molar-refractivity contribution in [2.45, 2.75) is 57.5 Å². The topological polar surface area (TPSA) is 26.3 Å². The van der Waals surface area contributed by atoms with Crippen molar-refractivity contribution in [2.75, 3.05) is 6.61 Å². The normalized spacial score (nSPS) is 25.6. The number of ketones is 1. The molecule has 2 aliphatic rings. The smallest absolute Gasteiger partial charge is 0.166 e. The van der Waals surface area contributed by atoms with Crippen molar-refractivity contribution in [3.8, 4) is 0 Å². The summed E-state index contributed by atoms with van der Waals surface area (Å²) in [6.45, 7) is 2.81. The largest absolute Gasteiger partial charge is 0.375 e. The van der Waals surface area contributed by atoms with Gasteiger partial charge in [0, 0.05) is 18.1 Å². The van der Waals surface area contributed by atoms with E-state index in [1.807, 2.05) is 24.3 Å². The van der Waals surface area contributed by atoms with Gasteiger partial charge in [0.25, 0.3) is 0 Å². The molecule has 1 saturated carbocycles. The summed E-state index contributed by atoms with van der Waals surface area (Å²) in [5, 5.41) is 0. The number of ether oxygens (including phenoxy) is 1. The lowest BCUT2D eigenvalue weighted by atomic mass is 9.74. The number of benzene rings is 1. The van der Waals surface area contributed by atoms with E-state index in [-0.39, 0.29) is 11.5 Å². The Labute approximate surface area is 121 Å². The number of aryl methyl sites for hydroxylation is 1. The van der Waals surface area contributed by atoms with E-state index in [0.717, 1.165) is 37.9 Å². The van der Waals surface area contributed by atoms with Gasteiger partial charge in [0.05, 0.1) is 5.60 Å². The Kier molecular flexibility index (Phi) is 3.93. The predicted molar refractivity (Wildman–Crippen MR) is 80.0 cm³/mol. The monoisotopic (exact) mass is 272 g/mol. The summed E-state index contributed by atoms with van der Waals surface area (Å²) in [4.78, 5) is 12.7. The minimum atomic E-state index is 0.0154. The highest BCUT2D eigenvalue weighted by Crippen LogP contribution is 2.41. The molecule has 20 heavy (non-hydrogen) atoms. The molecule has 1 aromatic rings. The second-order valence-electron chi connectivity index (χ2n) is 6.51. The van der Waals surface area contributed by atoms with Gasteiger partial charge in [-0.05, 0) is 32.6 Å². The van der Waals surface area contributed by atoms with E-state index < -0.39 is 0 Å². The SMILES string of the molecule is Cc1ccc(C(=O)C2CCOC3(CCCCC3)C2)cc1. The van der Waals surface area contributed by atoms with Crippen LogP contribution >= 0.6 is 0 Å². The van der Waals surface area contributed by atoms with Crippen LogP contribution in [-0.2, 0) is 4.74 Å². The van der Waals surface area contributed by atoms with Crippen LogP contribution in [0.25, 0.3) is 0 Å². The van der Waals surface area contributed by atoms with E-state index in [1.165, 1.54) is 24.8 Å². The average molecular weight is 272 g/mol. The van der Waals surface area contributed by atoms with Crippen LogP contribution in [0.2, 0.25) is 0 Å². The Morgan fingerprint density at radius 1 is 1.15 bits per heavy atom. The second kappa shape index (κ2) is 5.69. The van der Waals surface area contributed by atoms with Gasteiger partial charge in [0.2, 0.25) is 0 Å². The summed E-state index contributed by atoms with van der Waals surface area (Å²) < 4.78 is 6.09. The molecule has 1 saturated heterocycles. The molecule has 2 fully saturated rings. The van der Waals surface area contributed by atoms with E-state index >= 15 is 0 Å². The first kappa shape index (κ1) is 13.8. The molecular weight excluding hydrogens is 248 g/mol. The van der Waals surface area contributed by atoms with Gasteiger partial charge in [0.15, 0.2) is 5.78 Å². The quantitative estimate of drug-likeness (QED) is 0.750. The van der Waals surface area contributed by atoms with Crippen molar-refractivity contribution in [3.05, 3.63) is 35.4 Å². The molecule has 1 aliphatic carbocycles. The molecule has 3 rings (SSSR count). The molecule has 0 amide bonds. The van der Waals surface area contributed by atoms with Crippen molar-refractivity contribution >= 4 is 5.78 Å². The molecule has 2 nitrogen and oxygen atoms in total. The first-order chi connectivity index (χ1) is 9.69. The lowest BCUT2D eigenvalue weighted by molar-refractivity contribution is -0.111. The van der Waals surface area contributed by atoms with Crippen molar-refractivity contribution in [1.29, 1.82) is 0 Å². The number of hydrogen-bond acceptors (Lipinski definition) is 2. The van der Waals surface area contributed by atoms with Crippen molar-refractivity contribution < 1.29 is 9.53 Å². The molecule has 0 bridgehead atoms. The van der Waals surface area contributed by atoms with Crippen LogP contribution in [-0.4, -0.2) is 18.0 Å². The van der Waals surface area contributed by atoms with Gasteiger partial charge in [-0.3, -0.25) is 4.79 Å². The van der Waals surface area contributed by atoms with E-state index in [2.05, 4.69) is 6.92 Å². The zero-order chi connectivity index (χ0) is 14.0. The number of rotatable bonds is 2. The fraction of sp³-hybridized carbons (Fsp3) is 0.611. The van der Waals surface area contributed by atoms with E-state index in [1.54, 1.807) is 0 Å². The maximum atomic E-state index is 12.7. The lowest BCUT2D eigenvalue weighted by Gasteiger charge is -2.43. The standard InChI is InChI=1S/C18H24O2/c1-14-5-7-15(8-6-14)17(19)16-9-12-20-18(13-16)10-3-2-4-11-18/h5-8,16H,2-4,9-13H2,1H3.